The fourth-order valence-corrected chi connectivity index (χ4v) is 4.48. The zero-order chi connectivity index (χ0) is 25.3. The van der Waals surface area contributed by atoms with E-state index in [1.807, 2.05) is 0 Å². The number of nitriles is 1. The lowest BCUT2D eigenvalue weighted by Crippen LogP contribution is -2.39. The van der Waals surface area contributed by atoms with E-state index in [9.17, 15) is 22.8 Å². The third-order valence-electron chi connectivity index (χ3n) is 6.10. The van der Waals surface area contributed by atoms with Crippen molar-refractivity contribution in [3.63, 3.8) is 0 Å². The first-order valence-electron chi connectivity index (χ1n) is 10.8. The molecule has 4 rings (SSSR count). The largest absolute Gasteiger partial charge is 0.353 e. The van der Waals surface area contributed by atoms with E-state index in [1.54, 1.807) is 17.0 Å². The maximum Gasteiger partial charge on any atom is 0.271 e. The van der Waals surface area contributed by atoms with Crippen molar-refractivity contribution >= 4 is 28.9 Å². The molecule has 0 aliphatic carbocycles. The van der Waals surface area contributed by atoms with Crippen LogP contribution in [0.2, 0.25) is 5.02 Å². The normalized spacial score (nSPS) is 14.0. The Morgan fingerprint density at radius 2 is 1.71 bits per heavy atom. The smallest absolute Gasteiger partial charge is 0.271 e. The topological polar surface area (TPSA) is 78.1 Å². The van der Waals surface area contributed by atoms with E-state index in [2.05, 4.69) is 5.32 Å². The van der Waals surface area contributed by atoms with E-state index >= 15 is 0 Å². The minimum Gasteiger partial charge on any atom is -0.353 e. The van der Waals surface area contributed by atoms with Crippen LogP contribution >= 0.6 is 11.6 Å². The molecule has 35 heavy (non-hydrogen) atoms. The molecule has 0 unspecified atom stereocenters. The summed E-state index contributed by atoms with van der Waals surface area (Å²) >= 11 is 6.25. The van der Waals surface area contributed by atoms with Crippen molar-refractivity contribution in [3.8, 4) is 6.07 Å². The molecule has 1 fully saturated rings. The van der Waals surface area contributed by atoms with Crippen LogP contribution < -0.4 is 10.9 Å². The Balaban J connectivity index is 1.61. The number of benzene rings is 2. The second-order valence-corrected chi connectivity index (χ2v) is 8.70. The number of amides is 1. The van der Waals surface area contributed by atoms with Crippen LogP contribution in [0.25, 0.3) is 0 Å². The van der Waals surface area contributed by atoms with Crippen molar-refractivity contribution in [1.82, 2.24) is 9.47 Å². The lowest BCUT2D eigenvalue weighted by Gasteiger charge is -2.33. The summed E-state index contributed by atoms with van der Waals surface area (Å²) < 4.78 is 42.6. The molecule has 0 saturated carbocycles. The Bertz CT molecular complexity index is 1370. The highest BCUT2D eigenvalue weighted by Crippen LogP contribution is 2.32. The van der Waals surface area contributed by atoms with Crippen LogP contribution in [0, 0.1) is 28.8 Å². The standard InChI is InChI=1S/C25H20ClF3N4O2/c1-32-13-19(24(34)33-8-6-15(7-9-33)14-2-4-16(27)5-3-14)23(22(26)25(32)35)31-17-10-20(28)18(12-30)21(29)11-17/h2-5,10-11,13,15,31H,6-9H2,1H3. The summed E-state index contributed by atoms with van der Waals surface area (Å²) in [6.07, 6.45) is 2.64. The summed E-state index contributed by atoms with van der Waals surface area (Å²) in [7, 11) is 1.44. The second-order valence-electron chi connectivity index (χ2n) is 8.32. The van der Waals surface area contributed by atoms with E-state index in [0.717, 1.165) is 22.3 Å². The van der Waals surface area contributed by atoms with Crippen LogP contribution in [0.15, 0.2) is 47.4 Å². The molecule has 0 spiro atoms. The van der Waals surface area contributed by atoms with Crippen LogP contribution in [0.5, 0.6) is 0 Å². The van der Waals surface area contributed by atoms with Gasteiger partial charge in [0.15, 0.2) is 0 Å². The van der Waals surface area contributed by atoms with Crippen molar-refractivity contribution in [3.05, 3.63) is 92.1 Å². The van der Waals surface area contributed by atoms with Crippen LogP contribution in [0.4, 0.5) is 24.5 Å². The number of carbonyl (C=O) groups excluding carboxylic acids is 1. The molecule has 180 valence electrons. The Morgan fingerprint density at radius 3 is 2.29 bits per heavy atom. The highest BCUT2D eigenvalue weighted by molar-refractivity contribution is 6.34. The first-order valence-corrected chi connectivity index (χ1v) is 11.2. The summed E-state index contributed by atoms with van der Waals surface area (Å²) in [5.41, 5.74) is -0.484. The van der Waals surface area contributed by atoms with Crippen molar-refractivity contribution in [2.24, 2.45) is 7.05 Å². The van der Waals surface area contributed by atoms with Gasteiger partial charge in [0.1, 0.15) is 34.1 Å². The molecule has 1 N–H and O–H groups in total. The molecule has 1 aliphatic rings. The molecule has 1 amide bonds. The summed E-state index contributed by atoms with van der Waals surface area (Å²) in [5.74, 6) is -2.73. The number of hydrogen-bond donors (Lipinski definition) is 1. The number of likely N-dealkylation sites (tertiary alicyclic amines) is 1. The number of rotatable bonds is 4. The predicted octanol–water partition coefficient (Wildman–Crippen LogP) is 5.09. The van der Waals surface area contributed by atoms with Crippen LogP contribution in [0.1, 0.15) is 40.2 Å². The maximum absolute atomic E-state index is 14.1. The highest BCUT2D eigenvalue weighted by Gasteiger charge is 2.28. The third-order valence-corrected chi connectivity index (χ3v) is 6.45. The van der Waals surface area contributed by atoms with Crippen molar-refractivity contribution in [2.45, 2.75) is 18.8 Å². The van der Waals surface area contributed by atoms with Crippen LogP contribution in [0.3, 0.4) is 0 Å². The van der Waals surface area contributed by atoms with Gasteiger partial charge in [0.05, 0.1) is 11.3 Å². The molecule has 0 radical (unpaired) electrons. The number of pyridine rings is 1. The lowest BCUT2D eigenvalue weighted by atomic mass is 9.89. The van der Waals surface area contributed by atoms with Gasteiger partial charge in [-0.1, -0.05) is 23.7 Å². The van der Waals surface area contributed by atoms with Gasteiger partial charge in [-0.15, -0.1) is 0 Å². The summed E-state index contributed by atoms with van der Waals surface area (Å²) in [4.78, 5) is 27.5. The van der Waals surface area contributed by atoms with Gasteiger partial charge in [-0.3, -0.25) is 9.59 Å². The van der Waals surface area contributed by atoms with Crippen molar-refractivity contribution < 1.29 is 18.0 Å². The first kappa shape index (κ1) is 24.4. The number of carbonyl (C=O) groups is 1. The van der Waals surface area contributed by atoms with Crippen molar-refractivity contribution in [1.29, 1.82) is 5.26 Å². The SMILES string of the molecule is Cn1cc(C(=O)N2CCC(c3ccc(F)cc3)CC2)c(Nc2cc(F)c(C#N)c(F)c2)c(Cl)c1=O. The van der Waals surface area contributed by atoms with E-state index in [4.69, 9.17) is 16.9 Å². The van der Waals surface area contributed by atoms with Gasteiger partial charge in [-0.2, -0.15) is 5.26 Å². The molecule has 0 bridgehead atoms. The van der Waals surface area contributed by atoms with E-state index in [-0.39, 0.29) is 33.7 Å². The average molecular weight is 501 g/mol. The number of nitrogens with zero attached hydrogens (tertiary/aromatic N) is 3. The molecule has 2 aromatic carbocycles. The molecule has 0 atom stereocenters. The number of aromatic nitrogens is 1. The molecule has 1 aliphatic heterocycles. The zero-order valence-electron chi connectivity index (χ0n) is 18.6. The fourth-order valence-electron chi connectivity index (χ4n) is 4.20. The zero-order valence-corrected chi connectivity index (χ0v) is 19.4. The molecule has 6 nitrogen and oxygen atoms in total. The Labute approximate surface area is 204 Å². The van der Waals surface area contributed by atoms with Crippen molar-refractivity contribution in [2.75, 3.05) is 18.4 Å². The second kappa shape index (κ2) is 9.84. The van der Waals surface area contributed by atoms with Gasteiger partial charge in [-0.25, -0.2) is 13.2 Å². The van der Waals surface area contributed by atoms with Gasteiger partial charge in [0.2, 0.25) is 0 Å². The number of halogens is 4. The summed E-state index contributed by atoms with van der Waals surface area (Å²) in [6.45, 7) is 0.835. The number of nitrogens with one attached hydrogen (secondary N) is 1. The van der Waals surface area contributed by atoms with Gasteiger partial charge >= 0.3 is 0 Å². The average Bonchev–Trinajstić information content (AvgIpc) is 2.84. The number of hydrogen-bond acceptors (Lipinski definition) is 4. The molecule has 1 aromatic heterocycles. The molecule has 2 heterocycles. The fraction of sp³-hybridized carbons (Fsp3) is 0.240. The molecule has 1 saturated heterocycles. The first-order chi connectivity index (χ1) is 16.7. The summed E-state index contributed by atoms with van der Waals surface area (Å²) in [5, 5.41) is 11.2. The predicted molar refractivity (Wildman–Crippen MR) is 125 cm³/mol. The Kier molecular flexibility index (Phi) is 6.85. The highest BCUT2D eigenvalue weighted by atomic mass is 35.5. The number of piperidine rings is 1. The van der Waals surface area contributed by atoms with E-state index < -0.39 is 28.7 Å². The molecular formula is C25H20ClF3N4O2. The quantitative estimate of drug-likeness (QED) is 0.541. The molecule has 3 aromatic rings. The van der Waals surface area contributed by atoms with Gasteiger partial charge < -0.3 is 14.8 Å². The van der Waals surface area contributed by atoms with E-state index in [0.29, 0.717) is 25.9 Å². The molecular weight excluding hydrogens is 481 g/mol. The van der Waals surface area contributed by atoms with Gasteiger partial charge in [0.25, 0.3) is 11.5 Å². The third kappa shape index (κ3) is 4.88. The minimum absolute atomic E-state index is 0.0579. The van der Waals surface area contributed by atoms with Gasteiger partial charge in [0, 0.05) is 32.0 Å². The van der Waals surface area contributed by atoms with Gasteiger partial charge in [-0.05, 0) is 48.6 Å². The maximum atomic E-state index is 14.1. The number of anilines is 2. The van der Waals surface area contributed by atoms with Crippen LogP contribution in [-0.4, -0.2) is 28.5 Å². The van der Waals surface area contributed by atoms with E-state index in [1.165, 1.54) is 31.4 Å². The Hall–Kier alpha value is -3.77. The molecule has 10 heteroatoms. The summed E-state index contributed by atoms with van der Waals surface area (Å²) in [6, 6.07) is 9.50. The lowest BCUT2D eigenvalue weighted by molar-refractivity contribution is 0.0713. The Morgan fingerprint density at radius 1 is 1.11 bits per heavy atom. The van der Waals surface area contributed by atoms with Crippen LogP contribution in [-0.2, 0) is 7.05 Å². The minimum atomic E-state index is -1.09. The monoisotopic (exact) mass is 500 g/mol. The number of aryl methyl sites for hydroxylation is 1.